The van der Waals surface area contributed by atoms with Crippen molar-refractivity contribution in [3.05, 3.63) is 59.1 Å². The summed E-state index contributed by atoms with van der Waals surface area (Å²) in [7, 11) is 3.30. The van der Waals surface area contributed by atoms with E-state index >= 15 is 0 Å². The molecule has 0 N–H and O–H groups in total. The Labute approximate surface area is 132 Å². The molecule has 106 valence electrons. The third-order valence-electron chi connectivity index (χ3n) is 3.55. The zero-order chi connectivity index (χ0) is 14.8. The number of hydrogen-bond acceptors (Lipinski definition) is 2. The van der Waals surface area contributed by atoms with Gasteiger partial charge in [0, 0.05) is 9.86 Å². The first-order chi connectivity index (χ1) is 10.2. The Bertz CT molecular complexity index is 791. The number of ether oxygens (including phenoxy) is 2. The largest absolute Gasteiger partial charge is 0.493 e. The normalized spacial score (nSPS) is 10.6. The van der Waals surface area contributed by atoms with Crippen LogP contribution in [0, 0.1) is 0 Å². The maximum absolute atomic E-state index is 5.40. The SMILES string of the molecule is COc1ccc(-c2cccc3cccc(Br)c23)cc1OC. The highest BCUT2D eigenvalue weighted by molar-refractivity contribution is 9.10. The molecule has 0 fully saturated rings. The zero-order valence-electron chi connectivity index (χ0n) is 11.9. The van der Waals surface area contributed by atoms with E-state index in [9.17, 15) is 0 Å². The fraction of sp³-hybridized carbons (Fsp3) is 0.111. The van der Waals surface area contributed by atoms with Crippen molar-refractivity contribution < 1.29 is 9.47 Å². The second-order valence-electron chi connectivity index (χ2n) is 4.71. The smallest absolute Gasteiger partial charge is 0.161 e. The lowest BCUT2D eigenvalue weighted by molar-refractivity contribution is 0.355. The molecule has 0 heterocycles. The molecule has 0 aliphatic rings. The molecule has 21 heavy (non-hydrogen) atoms. The summed E-state index contributed by atoms with van der Waals surface area (Å²) in [6.07, 6.45) is 0. The summed E-state index contributed by atoms with van der Waals surface area (Å²) in [5, 5.41) is 2.41. The number of hydrogen-bond donors (Lipinski definition) is 0. The van der Waals surface area contributed by atoms with E-state index in [4.69, 9.17) is 9.47 Å². The molecule has 0 spiro atoms. The van der Waals surface area contributed by atoms with Gasteiger partial charge in [0.05, 0.1) is 14.2 Å². The standard InChI is InChI=1S/C18H15BrO2/c1-20-16-10-9-13(11-17(16)21-2)14-7-3-5-12-6-4-8-15(19)18(12)14/h3-11H,1-2H3. The van der Waals surface area contributed by atoms with E-state index < -0.39 is 0 Å². The fourth-order valence-corrected chi connectivity index (χ4v) is 3.13. The van der Waals surface area contributed by atoms with Crippen molar-refractivity contribution in [1.29, 1.82) is 0 Å². The molecule has 3 rings (SSSR count). The van der Waals surface area contributed by atoms with Crippen LogP contribution in [0.15, 0.2) is 59.1 Å². The third-order valence-corrected chi connectivity index (χ3v) is 4.21. The maximum atomic E-state index is 5.40. The number of rotatable bonds is 3. The predicted octanol–water partition coefficient (Wildman–Crippen LogP) is 5.29. The minimum atomic E-state index is 0.735. The molecule has 0 saturated carbocycles. The molecule has 0 bridgehead atoms. The fourth-order valence-electron chi connectivity index (χ4n) is 2.54. The average molecular weight is 343 g/mol. The van der Waals surface area contributed by atoms with E-state index in [0.717, 1.165) is 21.5 Å². The molecule has 0 unspecified atom stereocenters. The minimum absolute atomic E-state index is 0.735. The van der Waals surface area contributed by atoms with Crippen LogP contribution in [0.25, 0.3) is 21.9 Å². The Hall–Kier alpha value is -2.00. The molecule has 3 aromatic carbocycles. The summed E-state index contributed by atoms with van der Waals surface area (Å²) in [6, 6.07) is 18.5. The maximum Gasteiger partial charge on any atom is 0.161 e. The highest BCUT2D eigenvalue weighted by atomic mass is 79.9. The molecule has 2 nitrogen and oxygen atoms in total. The monoisotopic (exact) mass is 342 g/mol. The summed E-state index contributed by atoms with van der Waals surface area (Å²) in [4.78, 5) is 0. The van der Waals surface area contributed by atoms with Gasteiger partial charge < -0.3 is 9.47 Å². The van der Waals surface area contributed by atoms with E-state index in [2.05, 4.69) is 52.3 Å². The molecule has 0 aliphatic heterocycles. The number of benzene rings is 3. The first-order valence-electron chi connectivity index (χ1n) is 6.64. The lowest BCUT2D eigenvalue weighted by Gasteiger charge is -2.12. The van der Waals surface area contributed by atoms with Gasteiger partial charge in [-0.3, -0.25) is 0 Å². The van der Waals surface area contributed by atoms with Gasteiger partial charge in [0.25, 0.3) is 0 Å². The zero-order valence-corrected chi connectivity index (χ0v) is 13.5. The summed E-state index contributed by atoms with van der Waals surface area (Å²) >= 11 is 3.65. The topological polar surface area (TPSA) is 18.5 Å². The third kappa shape index (κ3) is 2.49. The number of halogens is 1. The molecular weight excluding hydrogens is 328 g/mol. The van der Waals surface area contributed by atoms with Crippen LogP contribution < -0.4 is 9.47 Å². The van der Waals surface area contributed by atoms with Crippen LogP contribution in [0.1, 0.15) is 0 Å². The Balaban J connectivity index is 2.26. The van der Waals surface area contributed by atoms with Crippen molar-refractivity contribution in [2.24, 2.45) is 0 Å². The van der Waals surface area contributed by atoms with Crippen LogP contribution in [0.4, 0.5) is 0 Å². The summed E-state index contributed by atoms with van der Waals surface area (Å²) in [5.41, 5.74) is 2.27. The van der Waals surface area contributed by atoms with Crippen LogP contribution in [-0.4, -0.2) is 14.2 Å². The molecule has 0 aromatic heterocycles. The second-order valence-corrected chi connectivity index (χ2v) is 5.57. The molecular formula is C18H15BrO2. The Morgan fingerprint density at radius 1 is 0.810 bits per heavy atom. The van der Waals surface area contributed by atoms with Gasteiger partial charge in [0.2, 0.25) is 0 Å². The molecule has 0 aliphatic carbocycles. The minimum Gasteiger partial charge on any atom is -0.493 e. The molecule has 0 radical (unpaired) electrons. The first kappa shape index (κ1) is 14.0. The quantitative estimate of drug-likeness (QED) is 0.644. The van der Waals surface area contributed by atoms with Crippen LogP contribution in [0.5, 0.6) is 11.5 Å². The van der Waals surface area contributed by atoms with Crippen LogP contribution in [0.2, 0.25) is 0 Å². The molecule has 3 heteroatoms. The van der Waals surface area contributed by atoms with Crippen molar-refractivity contribution in [2.45, 2.75) is 0 Å². The van der Waals surface area contributed by atoms with Gasteiger partial charge in [0.15, 0.2) is 11.5 Å². The summed E-state index contributed by atoms with van der Waals surface area (Å²) < 4.78 is 11.8. The van der Waals surface area contributed by atoms with Gasteiger partial charge in [0.1, 0.15) is 0 Å². The Kier molecular flexibility index (Phi) is 3.84. The van der Waals surface area contributed by atoms with Crippen molar-refractivity contribution >= 4 is 26.7 Å². The highest BCUT2D eigenvalue weighted by Crippen LogP contribution is 2.37. The lowest BCUT2D eigenvalue weighted by atomic mass is 9.98. The van der Waals surface area contributed by atoms with Crippen LogP contribution in [-0.2, 0) is 0 Å². The van der Waals surface area contributed by atoms with Crippen molar-refractivity contribution in [1.82, 2.24) is 0 Å². The number of methoxy groups -OCH3 is 2. The molecule has 0 amide bonds. The van der Waals surface area contributed by atoms with Crippen LogP contribution >= 0.6 is 15.9 Å². The molecule has 3 aromatic rings. The Morgan fingerprint density at radius 2 is 1.52 bits per heavy atom. The van der Waals surface area contributed by atoms with E-state index in [1.807, 2.05) is 18.2 Å². The van der Waals surface area contributed by atoms with Gasteiger partial charge in [-0.25, -0.2) is 0 Å². The lowest BCUT2D eigenvalue weighted by Crippen LogP contribution is -1.91. The molecule has 0 atom stereocenters. The van der Waals surface area contributed by atoms with E-state index in [1.54, 1.807) is 14.2 Å². The van der Waals surface area contributed by atoms with Gasteiger partial charge in [-0.05, 0) is 34.7 Å². The predicted molar refractivity (Wildman–Crippen MR) is 90.2 cm³/mol. The van der Waals surface area contributed by atoms with Gasteiger partial charge in [-0.1, -0.05) is 52.3 Å². The summed E-state index contributed by atoms with van der Waals surface area (Å²) in [6.45, 7) is 0. The number of fused-ring (bicyclic) bond motifs is 1. The van der Waals surface area contributed by atoms with Crippen molar-refractivity contribution in [3.63, 3.8) is 0 Å². The van der Waals surface area contributed by atoms with Gasteiger partial charge in [-0.2, -0.15) is 0 Å². The van der Waals surface area contributed by atoms with E-state index in [-0.39, 0.29) is 0 Å². The van der Waals surface area contributed by atoms with Crippen LogP contribution in [0.3, 0.4) is 0 Å². The average Bonchev–Trinajstić information content (AvgIpc) is 2.54. The van der Waals surface area contributed by atoms with E-state index in [1.165, 1.54) is 16.3 Å². The first-order valence-corrected chi connectivity index (χ1v) is 7.43. The highest BCUT2D eigenvalue weighted by Gasteiger charge is 2.10. The summed E-state index contributed by atoms with van der Waals surface area (Å²) in [5.74, 6) is 1.47. The van der Waals surface area contributed by atoms with Gasteiger partial charge in [-0.15, -0.1) is 0 Å². The van der Waals surface area contributed by atoms with E-state index in [0.29, 0.717) is 0 Å². The van der Waals surface area contributed by atoms with Crippen molar-refractivity contribution in [3.8, 4) is 22.6 Å². The molecule has 0 saturated heterocycles. The van der Waals surface area contributed by atoms with Crippen molar-refractivity contribution in [2.75, 3.05) is 14.2 Å². The second kappa shape index (κ2) is 5.78. The Morgan fingerprint density at radius 3 is 2.24 bits per heavy atom. The van der Waals surface area contributed by atoms with Gasteiger partial charge >= 0.3 is 0 Å².